The molecule has 0 spiro atoms. The minimum absolute atomic E-state index is 0.0358. The largest absolute Gasteiger partial charge is 0.483 e. The monoisotopic (exact) mass is 334 g/mol. The third kappa shape index (κ3) is 5.80. The van der Waals surface area contributed by atoms with Gasteiger partial charge < -0.3 is 14.8 Å². The molecule has 1 amide bonds. The van der Waals surface area contributed by atoms with Crippen LogP contribution < -0.4 is 10.1 Å². The number of benzene rings is 1. The topological polar surface area (TPSA) is 50.8 Å². The Morgan fingerprint density at radius 3 is 2.75 bits per heavy atom. The fourth-order valence-corrected chi connectivity index (χ4v) is 3.03. The fraction of sp³-hybridized carbons (Fsp3) is 0.632. The van der Waals surface area contributed by atoms with Crippen molar-refractivity contribution in [3.63, 3.8) is 0 Å². The summed E-state index contributed by atoms with van der Waals surface area (Å²) in [5.41, 5.74) is 2.09. The quantitative estimate of drug-likeness (QED) is 0.830. The molecule has 1 N–H and O–H groups in total. The van der Waals surface area contributed by atoms with Crippen LogP contribution in [0.25, 0.3) is 0 Å². The lowest BCUT2D eigenvalue weighted by atomic mass is 10.1. The lowest BCUT2D eigenvalue weighted by Gasteiger charge is -2.33. The van der Waals surface area contributed by atoms with Crippen molar-refractivity contribution >= 4 is 5.91 Å². The Labute approximate surface area is 145 Å². The minimum Gasteiger partial charge on any atom is -0.483 e. The molecule has 1 atom stereocenters. The Hall–Kier alpha value is -1.59. The number of hydrogen-bond donors (Lipinski definition) is 1. The Morgan fingerprint density at radius 1 is 1.38 bits per heavy atom. The molecule has 2 rings (SSSR count). The number of rotatable bonds is 7. The third-order valence-corrected chi connectivity index (χ3v) is 4.13. The molecule has 1 fully saturated rings. The van der Waals surface area contributed by atoms with Gasteiger partial charge in [0.1, 0.15) is 5.75 Å². The van der Waals surface area contributed by atoms with Crippen LogP contribution in [0.1, 0.15) is 25.0 Å². The van der Waals surface area contributed by atoms with Gasteiger partial charge in [0.05, 0.1) is 12.7 Å². The van der Waals surface area contributed by atoms with Gasteiger partial charge >= 0.3 is 0 Å². The van der Waals surface area contributed by atoms with Crippen LogP contribution in [0.2, 0.25) is 0 Å². The van der Waals surface area contributed by atoms with Gasteiger partial charge in [-0.3, -0.25) is 9.69 Å². The van der Waals surface area contributed by atoms with E-state index in [0.29, 0.717) is 12.5 Å². The fourth-order valence-electron chi connectivity index (χ4n) is 3.03. The minimum atomic E-state index is -0.109. The molecule has 5 heteroatoms. The molecular weight excluding hydrogens is 304 g/mol. The van der Waals surface area contributed by atoms with E-state index in [0.717, 1.165) is 43.1 Å². The standard InChI is InChI=1S/C19H30N2O3/c1-14(2)11-21-8-9-23-17(12-21)10-20-18(22)13-24-19-15(3)6-5-7-16(19)4/h5-7,14,17H,8-13H2,1-4H3,(H,20,22). The number of morpholine rings is 1. The first-order valence-electron chi connectivity index (χ1n) is 8.75. The van der Waals surface area contributed by atoms with E-state index in [9.17, 15) is 4.79 Å². The first kappa shape index (κ1) is 18.7. The molecule has 134 valence electrons. The van der Waals surface area contributed by atoms with Crippen molar-refractivity contribution in [2.75, 3.05) is 39.4 Å². The second-order valence-corrected chi connectivity index (χ2v) is 6.96. The molecule has 5 nitrogen and oxygen atoms in total. The van der Waals surface area contributed by atoms with Crippen LogP contribution in [-0.2, 0) is 9.53 Å². The summed E-state index contributed by atoms with van der Waals surface area (Å²) in [6.07, 6.45) is 0.0571. The molecular formula is C19H30N2O3. The molecule has 1 unspecified atom stereocenters. The molecule has 24 heavy (non-hydrogen) atoms. The highest BCUT2D eigenvalue weighted by Gasteiger charge is 2.21. The van der Waals surface area contributed by atoms with Crippen LogP contribution in [0, 0.1) is 19.8 Å². The van der Waals surface area contributed by atoms with E-state index in [-0.39, 0.29) is 18.6 Å². The van der Waals surface area contributed by atoms with Gasteiger partial charge in [0.25, 0.3) is 5.91 Å². The number of nitrogens with zero attached hydrogens (tertiary/aromatic N) is 1. The number of amides is 1. The van der Waals surface area contributed by atoms with Gasteiger partial charge in [0.15, 0.2) is 6.61 Å². The summed E-state index contributed by atoms with van der Waals surface area (Å²) in [5, 5.41) is 2.92. The highest BCUT2D eigenvalue weighted by molar-refractivity contribution is 5.77. The third-order valence-electron chi connectivity index (χ3n) is 4.13. The van der Waals surface area contributed by atoms with Gasteiger partial charge in [-0.05, 0) is 30.9 Å². The van der Waals surface area contributed by atoms with Crippen molar-refractivity contribution in [3.8, 4) is 5.75 Å². The van der Waals surface area contributed by atoms with E-state index in [1.807, 2.05) is 32.0 Å². The van der Waals surface area contributed by atoms with Crippen LogP contribution in [0.4, 0.5) is 0 Å². The summed E-state index contributed by atoms with van der Waals surface area (Å²) in [7, 11) is 0. The Morgan fingerprint density at radius 2 is 2.08 bits per heavy atom. The lowest BCUT2D eigenvalue weighted by molar-refractivity contribution is -0.124. The number of nitrogens with one attached hydrogen (secondary N) is 1. The maximum absolute atomic E-state index is 12.0. The average molecular weight is 334 g/mol. The molecule has 0 aromatic heterocycles. The zero-order valence-corrected chi connectivity index (χ0v) is 15.3. The normalized spacial score (nSPS) is 18.6. The number of carbonyl (C=O) groups excluding carboxylic acids is 1. The number of ether oxygens (including phenoxy) is 2. The summed E-state index contributed by atoms with van der Waals surface area (Å²) < 4.78 is 11.4. The van der Waals surface area contributed by atoms with Crippen molar-refractivity contribution in [1.29, 1.82) is 0 Å². The van der Waals surface area contributed by atoms with Crippen LogP contribution >= 0.6 is 0 Å². The summed E-state index contributed by atoms with van der Waals surface area (Å²) in [4.78, 5) is 14.4. The molecule has 1 aromatic rings. The zero-order valence-electron chi connectivity index (χ0n) is 15.3. The summed E-state index contributed by atoms with van der Waals surface area (Å²) >= 11 is 0. The van der Waals surface area contributed by atoms with Gasteiger partial charge in [-0.2, -0.15) is 0 Å². The molecule has 1 saturated heterocycles. The average Bonchev–Trinajstić information content (AvgIpc) is 2.52. The second-order valence-electron chi connectivity index (χ2n) is 6.96. The molecule has 1 aliphatic rings. The van der Waals surface area contributed by atoms with Gasteiger partial charge in [-0.25, -0.2) is 0 Å². The van der Waals surface area contributed by atoms with E-state index < -0.39 is 0 Å². The first-order chi connectivity index (χ1) is 11.5. The molecule has 1 aromatic carbocycles. The van der Waals surface area contributed by atoms with E-state index in [1.54, 1.807) is 0 Å². The van der Waals surface area contributed by atoms with Crippen LogP contribution in [0.3, 0.4) is 0 Å². The Bertz CT molecular complexity index is 525. The number of hydrogen-bond acceptors (Lipinski definition) is 4. The Balaban J connectivity index is 1.73. The molecule has 0 aliphatic carbocycles. The summed E-state index contributed by atoms with van der Waals surface area (Å²) in [5.74, 6) is 1.33. The molecule has 1 heterocycles. The van der Waals surface area contributed by atoms with Gasteiger partial charge in [-0.1, -0.05) is 32.0 Å². The zero-order chi connectivity index (χ0) is 17.5. The van der Waals surface area contributed by atoms with Crippen molar-refractivity contribution < 1.29 is 14.3 Å². The number of para-hydroxylation sites is 1. The van der Waals surface area contributed by atoms with Gasteiger partial charge in [-0.15, -0.1) is 0 Å². The Kier molecular flexibility index (Phi) is 7.06. The van der Waals surface area contributed by atoms with E-state index in [2.05, 4.69) is 24.1 Å². The predicted octanol–water partition coefficient (Wildman–Crippen LogP) is 2.16. The highest BCUT2D eigenvalue weighted by Crippen LogP contribution is 2.22. The molecule has 1 aliphatic heterocycles. The van der Waals surface area contributed by atoms with Crippen molar-refractivity contribution in [1.82, 2.24) is 10.2 Å². The van der Waals surface area contributed by atoms with Crippen LogP contribution in [0.5, 0.6) is 5.75 Å². The molecule has 0 saturated carbocycles. The lowest BCUT2D eigenvalue weighted by Crippen LogP contribution is -2.48. The maximum atomic E-state index is 12.0. The second kappa shape index (κ2) is 9.04. The molecule has 0 radical (unpaired) electrons. The van der Waals surface area contributed by atoms with Gasteiger partial charge in [0.2, 0.25) is 0 Å². The van der Waals surface area contributed by atoms with E-state index in [4.69, 9.17) is 9.47 Å². The van der Waals surface area contributed by atoms with Crippen molar-refractivity contribution in [2.24, 2.45) is 5.92 Å². The first-order valence-corrected chi connectivity index (χ1v) is 8.75. The van der Waals surface area contributed by atoms with Crippen molar-refractivity contribution in [2.45, 2.75) is 33.8 Å². The predicted molar refractivity (Wildman–Crippen MR) is 95.4 cm³/mol. The van der Waals surface area contributed by atoms with E-state index in [1.165, 1.54) is 0 Å². The van der Waals surface area contributed by atoms with Gasteiger partial charge in [0, 0.05) is 26.2 Å². The van der Waals surface area contributed by atoms with E-state index >= 15 is 0 Å². The van der Waals surface area contributed by atoms with Crippen molar-refractivity contribution in [3.05, 3.63) is 29.3 Å². The SMILES string of the molecule is Cc1cccc(C)c1OCC(=O)NCC1CN(CC(C)C)CCO1. The smallest absolute Gasteiger partial charge is 0.258 e. The summed E-state index contributed by atoms with van der Waals surface area (Å²) in [6.45, 7) is 12.6. The highest BCUT2D eigenvalue weighted by atomic mass is 16.5. The number of aryl methyl sites for hydroxylation is 2. The summed E-state index contributed by atoms with van der Waals surface area (Å²) in [6, 6.07) is 5.96. The number of carbonyl (C=O) groups is 1. The maximum Gasteiger partial charge on any atom is 0.258 e. The molecule has 0 bridgehead atoms. The van der Waals surface area contributed by atoms with Crippen LogP contribution in [-0.4, -0.2) is 56.3 Å². The van der Waals surface area contributed by atoms with Crippen LogP contribution in [0.15, 0.2) is 18.2 Å².